The van der Waals surface area contributed by atoms with Crippen molar-refractivity contribution in [3.63, 3.8) is 0 Å². The second kappa shape index (κ2) is 28.9. The number of thiazole rings is 1. The van der Waals surface area contributed by atoms with E-state index in [1.807, 2.05) is 22.7 Å². The fourth-order valence-electron chi connectivity index (χ4n) is 11.8. The molecule has 0 unspecified atom stereocenters. The van der Waals surface area contributed by atoms with E-state index in [0.717, 1.165) is 53.4 Å². The van der Waals surface area contributed by atoms with Crippen LogP contribution in [0.5, 0.6) is 0 Å². The van der Waals surface area contributed by atoms with Gasteiger partial charge in [0.05, 0.1) is 31.0 Å². The van der Waals surface area contributed by atoms with E-state index >= 15 is 0 Å². The molecular weight excluding hydrogens is 991 g/mol. The van der Waals surface area contributed by atoms with Crippen LogP contribution in [0.15, 0.2) is 91.0 Å². The van der Waals surface area contributed by atoms with Crippen LogP contribution in [0, 0.1) is 13.8 Å². The van der Waals surface area contributed by atoms with E-state index in [-0.39, 0.29) is 0 Å². The van der Waals surface area contributed by atoms with E-state index in [9.17, 15) is 0 Å². The Kier molecular flexibility index (Phi) is 21.4. The molecule has 0 atom stereocenters. The normalized spacial score (nSPS) is 11.9. The number of rotatable bonds is 32. The van der Waals surface area contributed by atoms with E-state index in [4.69, 9.17) is 15.0 Å². The highest BCUT2D eigenvalue weighted by Crippen LogP contribution is 2.46. The number of hydrogen-bond acceptors (Lipinski definition) is 6. The number of benzene rings is 5. The summed E-state index contributed by atoms with van der Waals surface area (Å²) >= 11 is 5.68. The van der Waals surface area contributed by atoms with Crippen LogP contribution >= 0.6 is 34.0 Å². The summed E-state index contributed by atoms with van der Waals surface area (Å²) in [4.78, 5) is 16.6. The Balaban J connectivity index is 1.19. The SMILES string of the molecule is CCCCCCCCc1cc(-c2cc(-c3cc(CCCCCCCC)c(-c4ccc5c(c4)sc4c6ccc(C)cc6sc54)cc3CCCCCCCC)nc(-c3nc4ccccc4s3)n2)c(CCCCCCCC)cc1C. The molecule has 0 spiro atoms. The molecule has 406 valence electrons. The van der Waals surface area contributed by atoms with Crippen molar-refractivity contribution in [2.24, 2.45) is 0 Å². The van der Waals surface area contributed by atoms with Crippen molar-refractivity contribution >= 4 is 73.8 Å². The quantitative estimate of drug-likeness (QED) is 0.0395. The predicted molar refractivity (Wildman–Crippen MR) is 343 cm³/mol. The summed E-state index contributed by atoms with van der Waals surface area (Å²) in [6.07, 6.45) is 35.1. The highest BCUT2D eigenvalue weighted by Gasteiger charge is 2.22. The summed E-state index contributed by atoms with van der Waals surface area (Å²) in [6, 6.07) is 35.7. The number of unbranched alkanes of at least 4 members (excludes halogenated alkanes) is 20. The van der Waals surface area contributed by atoms with Crippen molar-refractivity contribution in [2.45, 2.75) is 221 Å². The number of fused-ring (bicyclic) bond motifs is 6. The molecule has 0 N–H and O–H groups in total. The summed E-state index contributed by atoms with van der Waals surface area (Å²) in [7, 11) is 0. The van der Waals surface area contributed by atoms with Gasteiger partial charge in [-0.2, -0.15) is 0 Å². The smallest absolute Gasteiger partial charge is 0.189 e. The van der Waals surface area contributed by atoms with Crippen LogP contribution in [-0.2, 0) is 25.7 Å². The maximum atomic E-state index is 5.69. The molecule has 0 saturated carbocycles. The minimum absolute atomic E-state index is 0.750. The lowest BCUT2D eigenvalue weighted by molar-refractivity contribution is 0.605. The molecule has 3 nitrogen and oxygen atoms in total. The summed E-state index contributed by atoms with van der Waals surface area (Å²) in [5.74, 6) is 0.750. The first kappa shape index (κ1) is 57.0. The molecule has 9 rings (SSSR count). The van der Waals surface area contributed by atoms with E-state index in [1.165, 1.54) is 244 Å². The standard InChI is InChI=1S/C71H89N3S3/c1-7-11-15-19-23-27-33-52-45-60(53(44-51(52)6)34-28-24-20-16-12-8-2)63-49-64(73-70(72-63)71-74-62-37-31-32-38-65(62)77-71)61-47-54(35-29-25-21-17-13-9-3)59(46-55(61)36-30-26-22-18-14-10-4)56-40-42-58-67(48-56)76-68-57-41-39-50(5)43-66(57)75-69(58)68/h31-32,37-49H,7-30,33-36H2,1-6H3. The van der Waals surface area contributed by atoms with Gasteiger partial charge in [0.1, 0.15) is 0 Å². The van der Waals surface area contributed by atoms with Crippen LogP contribution in [0.3, 0.4) is 0 Å². The fraction of sp³-hybridized carbons (Fsp3) is 0.479. The van der Waals surface area contributed by atoms with Gasteiger partial charge in [0.25, 0.3) is 0 Å². The Morgan fingerprint density at radius 3 is 1.38 bits per heavy atom. The molecule has 0 saturated heterocycles. The first-order chi connectivity index (χ1) is 37.8. The van der Waals surface area contributed by atoms with Gasteiger partial charge in [-0.25, -0.2) is 15.0 Å². The Morgan fingerprint density at radius 1 is 0.364 bits per heavy atom. The lowest BCUT2D eigenvalue weighted by atomic mass is 9.87. The molecule has 0 radical (unpaired) electrons. The van der Waals surface area contributed by atoms with Crippen LogP contribution in [0.4, 0.5) is 0 Å². The van der Waals surface area contributed by atoms with Gasteiger partial charge >= 0.3 is 0 Å². The van der Waals surface area contributed by atoms with E-state index < -0.39 is 0 Å². The second-order valence-corrected chi connectivity index (χ2v) is 25.8. The van der Waals surface area contributed by atoms with Crippen LogP contribution < -0.4 is 0 Å². The van der Waals surface area contributed by atoms with Crippen LogP contribution in [0.2, 0.25) is 0 Å². The maximum Gasteiger partial charge on any atom is 0.189 e. The minimum atomic E-state index is 0.750. The van der Waals surface area contributed by atoms with E-state index in [0.29, 0.717) is 0 Å². The highest BCUT2D eigenvalue weighted by atomic mass is 32.1. The molecule has 0 aliphatic carbocycles. The van der Waals surface area contributed by atoms with Gasteiger partial charge in [-0.15, -0.1) is 34.0 Å². The predicted octanol–water partition coefficient (Wildman–Crippen LogP) is 23.6. The largest absolute Gasteiger partial charge is 0.233 e. The molecule has 77 heavy (non-hydrogen) atoms. The van der Waals surface area contributed by atoms with Gasteiger partial charge in [-0.3, -0.25) is 0 Å². The Labute approximate surface area is 475 Å². The number of hydrogen-bond donors (Lipinski definition) is 0. The van der Waals surface area contributed by atoms with E-state index in [1.54, 1.807) is 11.3 Å². The molecule has 0 aliphatic rings. The third-order valence-corrected chi connectivity index (χ3v) is 19.9. The number of aryl methyl sites for hydroxylation is 6. The first-order valence-corrected chi connectivity index (χ1v) is 33.2. The lowest BCUT2D eigenvalue weighted by Crippen LogP contribution is -2.03. The second-order valence-electron chi connectivity index (χ2n) is 22.7. The maximum absolute atomic E-state index is 5.69. The van der Waals surface area contributed by atoms with Gasteiger partial charge in [0.2, 0.25) is 0 Å². The van der Waals surface area contributed by atoms with Crippen molar-refractivity contribution < 1.29 is 0 Å². The third-order valence-electron chi connectivity index (χ3n) is 16.4. The molecule has 0 aliphatic heterocycles. The zero-order chi connectivity index (χ0) is 53.3. The van der Waals surface area contributed by atoms with Crippen molar-refractivity contribution in [2.75, 3.05) is 0 Å². The van der Waals surface area contributed by atoms with Gasteiger partial charge in [0.15, 0.2) is 10.8 Å². The highest BCUT2D eigenvalue weighted by molar-refractivity contribution is 7.36. The molecule has 0 bridgehead atoms. The lowest BCUT2D eigenvalue weighted by Gasteiger charge is -2.19. The fourth-order valence-corrected chi connectivity index (χ4v) is 15.5. The molecular formula is C71H89N3S3. The molecule has 4 aromatic heterocycles. The topological polar surface area (TPSA) is 38.7 Å². The Hall–Kier alpha value is -4.75. The van der Waals surface area contributed by atoms with Crippen LogP contribution in [-0.4, -0.2) is 15.0 Å². The molecule has 6 heteroatoms. The average molecular weight is 1080 g/mol. The third kappa shape index (κ3) is 14.7. The van der Waals surface area contributed by atoms with Gasteiger partial charge in [-0.1, -0.05) is 205 Å². The van der Waals surface area contributed by atoms with Crippen LogP contribution in [0.25, 0.3) is 84.3 Å². The van der Waals surface area contributed by atoms with Crippen molar-refractivity contribution in [3.8, 4) is 44.5 Å². The number of thiophene rings is 2. The summed E-state index contributed by atoms with van der Waals surface area (Å²) < 4.78 is 6.84. The van der Waals surface area contributed by atoms with E-state index in [2.05, 4.69) is 133 Å². The summed E-state index contributed by atoms with van der Waals surface area (Å²) in [5.41, 5.74) is 17.0. The summed E-state index contributed by atoms with van der Waals surface area (Å²) in [5, 5.41) is 3.70. The molecule has 5 aromatic carbocycles. The first-order valence-electron chi connectivity index (χ1n) is 30.7. The zero-order valence-electron chi connectivity index (χ0n) is 48.0. The van der Waals surface area contributed by atoms with Crippen molar-refractivity contribution in [1.29, 1.82) is 0 Å². The number of nitrogens with zero attached hydrogens (tertiary/aromatic N) is 3. The Morgan fingerprint density at radius 2 is 0.818 bits per heavy atom. The van der Waals surface area contributed by atoms with Crippen LogP contribution in [0.1, 0.15) is 215 Å². The van der Waals surface area contributed by atoms with Gasteiger partial charge in [0, 0.05) is 31.3 Å². The number of para-hydroxylation sites is 1. The molecule has 0 fully saturated rings. The molecule has 4 heterocycles. The minimum Gasteiger partial charge on any atom is -0.233 e. The monoisotopic (exact) mass is 1080 g/mol. The van der Waals surface area contributed by atoms with Gasteiger partial charge in [-0.05, 0) is 152 Å². The Bertz CT molecular complexity index is 3280. The van der Waals surface area contributed by atoms with Crippen molar-refractivity contribution in [3.05, 3.63) is 124 Å². The van der Waals surface area contributed by atoms with Gasteiger partial charge < -0.3 is 0 Å². The van der Waals surface area contributed by atoms with Crippen molar-refractivity contribution in [1.82, 2.24) is 15.0 Å². The number of aromatic nitrogens is 3. The molecule has 9 aromatic rings. The average Bonchev–Trinajstić information content (AvgIpc) is 4.18. The molecule has 0 amide bonds. The zero-order valence-corrected chi connectivity index (χ0v) is 50.5. The summed E-state index contributed by atoms with van der Waals surface area (Å²) in [6.45, 7) is 13.9.